The first-order valence-corrected chi connectivity index (χ1v) is 54.8. The summed E-state index contributed by atoms with van der Waals surface area (Å²) in [7, 11) is -14.4. The first-order chi connectivity index (χ1) is 67.1. The number of phosphoric ester groups is 2. The van der Waals surface area contributed by atoms with Crippen LogP contribution >= 0.6 is 41.5 Å². The van der Waals surface area contributed by atoms with Gasteiger partial charge >= 0.3 is 59.4 Å². The zero-order valence-corrected chi connectivity index (χ0v) is 88.4. The second kappa shape index (κ2) is 80.2. The number of carbonyl (C=O) groups excluding carboxylic acids is 4. The molecule has 3 saturated heterocycles. The molecule has 0 spiro atoms. The molecule has 0 aromatic rings. The SMILES string of the molecule is [2H]CCCOCC(COCCCOP(=O)(OCCC#N)OCC(COCCCOP(OCCCCCCOC1OC(COC(C)=O)[C@H](C)[C@H](C)[C@@H]1C)OCC[N+]#[C-])(COCCCOP(OCCCCCCO[C@@H]1OC(COC(C)=O)[C@H](C)[C@H](C)C1NC(C)=O)OCC[N+]#[C-])COCCOP(OCCCCCCO[C@@H]1OC(COC(C)=O)[C@H](C)[C@H](C)C1C)OCC[N+]#[C-])COP(=O)(OCC)OCCC#N. The predicted octanol–water partition coefficient (Wildman–Crippen LogP) is 17.2. The number of rotatable bonds is 88. The Kier molecular flexibility index (Phi) is 73.4. The molecule has 22 atom stereocenters. The van der Waals surface area contributed by atoms with E-state index >= 15 is 4.57 Å². The van der Waals surface area contributed by atoms with E-state index in [1.165, 1.54) is 27.7 Å². The molecule has 3 fully saturated rings. The molecular formula is C92H163N6O35P5. The number of esters is 3. The summed E-state index contributed by atoms with van der Waals surface area (Å²) in [5.41, 5.74) is -1.35. The minimum absolute atomic E-state index is 0.00407. The van der Waals surface area contributed by atoms with E-state index in [4.69, 9.17) is 161 Å². The lowest BCUT2D eigenvalue weighted by molar-refractivity contribution is -0.255. The van der Waals surface area contributed by atoms with Crippen LogP contribution in [0, 0.1) is 101 Å². The van der Waals surface area contributed by atoms with E-state index in [1.807, 2.05) is 26.0 Å². The van der Waals surface area contributed by atoms with Crippen LogP contribution in [0.3, 0.4) is 0 Å². The number of amides is 1. The minimum atomic E-state index is -4.61. The zero-order chi connectivity index (χ0) is 102. The fraction of sp³-hybridized carbons (Fsp3) is 0.902. The van der Waals surface area contributed by atoms with Gasteiger partial charge in [0, 0.05) is 93.1 Å². The molecule has 1 N–H and O–H groups in total. The smallest absolute Gasteiger partial charge is 0.463 e. The van der Waals surface area contributed by atoms with Gasteiger partial charge in [-0.25, -0.2) is 28.8 Å². The van der Waals surface area contributed by atoms with Crippen LogP contribution in [0.2, 0.25) is 0 Å². The minimum Gasteiger partial charge on any atom is -0.463 e. The van der Waals surface area contributed by atoms with Crippen molar-refractivity contribution in [3.8, 4) is 12.1 Å². The number of nitrogens with zero attached hydrogens (tertiary/aromatic N) is 5. The van der Waals surface area contributed by atoms with Gasteiger partial charge in [0.2, 0.25) is 25.5 Å². The van der Waals surface area contributed by atoms with E-state index in [1.54, 1.807) is 6.92 Å². The first-order valence-electron chi connectivity index (χ1n) is 49.3. The van der Waals surface area contributed by atoms with Crippen LogP contribution in [0.1, 0.15) is 214 Å². The summed E-state index contributed by atoms with van der Waals surface area (Å²) in [6.07, 6.45) is 7.45. The fourth-order valence-corrected chi connectivity index (χ4v) is 19.6. The van der Waals surface area contributed by atoms with Crippen molar-refractivity contribution in [2.45, 2.75) is 256 Å². The Balaban J connectivity index is 1.90. The zero-order valence-electron chi connectivity index (χ0n) is 85.0. The lowest BCUT2D eigenvalue weighted by Crippen LogP contribution is -2.58. The predicted molar refractivity (Wildman–Crippen MR) is 510 cm³/mol. The van der Waals surface area contributed by atoms with Crippen LogP contribution in [0.15, 0.2) is 0 Å². The number of ether oxygens (including phenoxy) is 14. The van der Waals surface area contributed by atoms with Gasteiger partial charge in [-0.3, -0.25) is 46.3 Å². The van der Waals surface area contributed by atoms with E-state index < -0.39 is 96.4 Å². The third kappa shape index (κ3) is 59.0. The molecule has 0 aliphatic carbocycles. The van der Waals surface area contributed by atoms with E-state index in [0.29, 0.717) is 71.4 Å². The Labute approximate surface area is 826 Å². The van der Waals surface area contributed by atoms with E-state index in [2.05, 4.69) is 61.4 Å². The van der Waals surface area contributed by atoms with Crippen molar-refractivity contribution < 1.29 is 164 Å². The number of hydrogen-bond acceptors (Lipinski definition) is 37. The van der Waals surface area contributed by atoms with Gasteiger partial charge in [-0.2, -0.15) is 10.5 Å². The Morgan fingerprint density at radius 3 is 1.15 bits per heavy atom. The van der Waals surface area contributed by atoms with Gasteiger partial charge in [-0.1, -0.05) is 101 Å². The van der Waals surface area contributed by atoms with Crippen molar-refractivity contribution in [2.75, 3.05) is 224 Å². The molecule has 0 radical (unpaired) electrons. The molecule has 3 aliphatic rings. The number of hydrogen-bond donors (Lipinski definition) is 1. The first kappa shape index (κ1) is 126. The van der Waals surface area contributed by atoms with E-state index in [0.717, 1.165) is 51.4 Å². The standard InChI is InChI=1S/C92H163N6O35P5/c1-18-42-105-62-84(64-129-137(103,125-19-2)126-54-32-37-93)63-106-43-36-56-128-138(104,127-55-33-38-94)130-71-92(70-109-60-61-124-136(123-59-41-97-17)118-51-31-24-21-27-47-111-90-79(10)73(4)75(6)86(132-90)66-114-82(13)101,68-107-44-34-52-119-134(121-57-39-95-15)116-49-29-23-20-26-46-110-89-78(9)72(3)74(5)85(131-89)65-113-81(12)100)69-108-45-35-53-120-135(122-58-40-96-16)117-50-30-25-22-28-48-112-91-88(98-80(11)99)77(8)76(7)87(133-91)67-115-83(14)102/h72-79,84-91H,18-36,39-71H2,1-14H3,(H,98,99)/t72-,73-,74+,75+,76+,77-,78-,79?,84?,85?,86?,87?,88?,89?,90+,91+,92?,134?,135?,136?,137?,138?/m0/s1/i1D. The molecule has 0 saturated carbocycles. The molecule has 138 heavy (non-hydrogen) atoms. The lowest BCUT2D eigenvalue weighted by Gasteiger charge is -2.44. The number of nitriles is 2. The monoisotopic (exact) mass is 2070 g/mol. The Morgan fingerprint density at radius 1 is 0.391 bits per heavy atom. The molecular weight excluding hydrogens is 1900 g/mol. The van der Waals surface area contributed by atoms with E-state index in [-0.39, 0.29) is 295 Å². The van der Waals surface area contributed by atoms with Crippen molar-refractivity contribution in [1.82, 2.24) is 5.32 Å². The molecule has 3 heterocycles. The van der Waals surface area contributed by atoms with Crippen molar-refractivity contribution in [2.24, 2.45) is 58.7 Å². The number of phosphoric acid groups is 2. The Hall–Kier alpha value is -3.96. The van der Waals surface area contributed by atoms with Gasteiger partial charge in [0.15, 0.2) is 18.9 Å². The van der Waals surface area contributed by atoms with Gasteiger partial charge in [0.1, 0.15) is 39.6 Å². The summed E-state index contributed by atoms with van der Waals surface area (Å²) >= 11 is 0. The van der Waals surface area contributed by atoms with Crippen LogP contribution in [0.4, 0.5) is 0 Å². The molecule has 13 unspecified atom stereocenters. The summed E-state index contributed by atoms with van der Waals surface area (Å²) in [6.45, 7) is 48.0. The molecule has 0 bridgehead atoms. The van der Waals surface area contributed by atoms with Gasteiger partial charge in [0.25, 0.3) is 0 Å². The average Bonchev–Trinajstić information content (AvgIpc) is 0.808. The summed E-state index contributed by atoms with van der Waals surface area (Å²) in [4.78, 5) is 57.5. The van der Waals surface area contributed by atoms with Crippen molar-refractivity contribution in [3.63, 3.8) is 0 Å². The summed E-state index contributed by atoms with van der Waals surface area (Å²) in [6, 6.07) is 3.51. The molecule has 0 aromatic carbocycles. The molecule has 0 aromatic heterocycles. The van der Waals surface area contributed by atoms with Crippen LogP contribution in [0.25, 0.3) is 14.5 Å². The topological polar surface area (TPSA) is 443 Å². The highest BCUT2D eigenvalue weighted by atomic mass is 31.2. The van der Waals surface area contributed by atoms with Crippen LogP contribution < -0.4 is 5.32 Å². The highest BCUT2D eigenvalue weighted by molar-refractivity contribution is 7.48. The quantitative estimate of drug-likeness (QED) is 0.0194. The average molecular weight is 2070 g/mol. The Morgan fingerprint density at radius 2 is 0.746 bits per heavy atom. The number of carbonyl (C=O) groups is 4. The van der Waals surface area contributed by atoms with Crippen LogP contribution in [-0.2, 0) is 162 Å². The van der Waals surface area contributed by atoms with Crippen LogP contribution in [-0.4, -0.2) is 291 Å². The summed E-state index contributed by atoms with van der Waals surface area (Å²) < 4.78 is 210. The highest BCUT2D eigenvalue weighted by Crippen LogP contribution is 2.52. The maximum Gasteiger partial charge on any atom is 0.474 e. The fourth-order valence-electron chi connectivity index (χ4n) is 14.1. The summed E-state index contributed by atoms with van der Waals surface area (Å²) in [5, 5.41) is 21.7. The number of unbranched alkanes of at least 4 members (excludes halogenated alkanes) is 9. The maximum atomic E-state index is 15.1. The second-order valence-corrected chi connectivity index (χ2v) is 41.1. The highest BCUT2D eigenvalue weighted by Gasteiger charge is 2.46. The summed E-state index contributed by atoms with van der Waals surface area (Å²) in [5.74, 6) is -0.742. The van der Waals surface area contributed by atoms with Gasteiger partial charge in [0.05, 0.1) is 174 Å². The molecule has 796 valence electrons. The second-order valence-electron chi connectivity index (χ2n) is 34.1. The largest absolute Gasteiger partial charge is 0.474 e. The van der Waals surface area contributed by atoms with Crippen molar-refractivity contribution in [1.29, 1.82) is 10.5 Å². The molecule has 3 aliphatic heterocycles. The third-order valence-corrected chi connectivity index (χ3v) is 29.3. The molecule has 3 rings (SSSR count). The normalized spacial score (nSPS) is 23.9. The Bertz CT molecular complexity index is 3520. The van der Waals surface area contributed by atoms with Gasteiger partial charge in [-0.05, 0) is 107 Å². The van der Waals surface area contributed by atoms with Gasteiger partial charge in [-0.15, -0.1) is 0 Å². The maximum absolute atomic E-state index is 15.1. The van der Waals surface area contributed by atoms with E-state index in [9.17, 15) is 29.0 Å². The third-order valence-electron chi connectivity index (χ3n) is 22.8. The van der Waals surface area contributed by atoms with Gasteiger partial charge < -0.3 is 127 Å². The van der Waals surface area contributed by atoms with Crippen molar-refractivity contribution >= 4 is 65.3 Å². The number of nitrogens with one attached hydrogen (secondary N) is 1. The lowest BCUT2D eigenvalue weighted by atomic mass is 9.79. The van der Waals surface area contributed by atoms with Crippen LogP contribution in [0.5, 0.6) is 0 Å². The molecule has 1 amide bonds. The molecule has 41 nitrogen and oxygen atoms in total. The van der Waals surface area contributed by atoms with Crippen molar-refractivity contribution in [3.05, 3.63) is 34.3 Å². The molecule has 46 heteroatoms.